The molecule has 1 aliphatic carbocycles. The number of carbonyl (C=O) groups excluding carboxylic acids is 1. The number of hydrogen-bond acceptors (Lipinski definition) is 4. The molecule has 5 nitrogen and oxygen atoms in total. The molecule has 4 aromatic rings. The zero-order chi connectivity index (χ0) is 23.7. The van der Waals surface area contributed by atoms with E-state index in [2.05, 4.69) is 4.98 Å². The Morgan fingerprint density at radius 3 is 2.57 bits per heavy atom. The van der Waals surface area contributed by atoms with Crippen LogP contribution in [0.4, 0.5) is 5.13 Å². The molecule has 0 saturated heterocycles. The number of rotatable bonds is 7. The Bertz CT molecular complexity index is 1300. The molecule has 0 N–H and O–H groups in total. The van der Waals surface area contributed by atoms with E-state index in [1.807, 2.05) is 59.0 Å². The number of halogens is 3. The van der Waals surface area contributed by atoms with Crippen LogP contribution < -0.4 is 4.90 Å². The average Bonchev–Trinajstić information content (AvgIpc) is 3.58. The van der Waals surface area contributed by atoms with Gasteiger partial charge in [0.05, 0.1) is 22.0 Å². The molecular formula is C26H27Cl3N4OS. The first kappa shape index (κ1) is 26.0. The molecular weight excluding hydrogens is 523 g/mol. The first-order valence-electron chi connectivity index (χ1n) is 11.6. The molecule has 1 amide bonds. The maximum Gasteiger partial charge on any atom is 0.239 e. The van der Waals surface area contributed by atoms with Crippen LogP contribution in [0.25, 0.3) is 10.2 Å². The lowest BCUT2D eigenvalue weighted by Gasteiger charge is -2.34. The Labute approximate surface area is 225 Å². The Balaban J connectivity index is 0.00000289. The minimum atomic E-state index is -0.551. The summed E-state index contributed by atoms with van der Waals surface area (Å²) in [6, 6.07) is 11.6. The molecule has 0 unspecified atom stereocenters. The van der Waals surface area contributed by atoms with E-state index in [-0.39, 0.29) is 18.3 Å². The van der Waals surface area contributed by atoms with E-state index < -0.39 is 5.41 Å². The van der Waals surface area contributed by atoms with Crippen molar-refractivity contribution in [3.8, 4) is 0 Å². The number of aryl methyl sites for hydroxylation is 2. The van der Waals surface area contributed by atoms with Crippen molar-refractivity contribution >= 4 is 68.2 Å². The van der Waals surface area contributed by atoms with E-state index in [0.29, 0.717) is 16.6 Å². The molecule has 9 heteroatoms. The zero-order valence-electron chi connectivity index (χ0n) is 19.4. The lowest BCUT2D eigenvalue weighted by molar-refractivity contribution is -0.124. The van der Waals surface area contributed by atoms with E-state index in [9.17, 15) is 4.79 Å². The van der Waals surface area contributed by atoms with E-state index in [4.69, 9.17) is 28.2 Å². The van der Waals surface area contributed by atoms with Crippen molar-refractivity contribution in [3.63, 3.8) is 0 Å². The van der Waals surface area contributed by atoms with Crippen LogP contribution in [0.2, 0.25) is 10.0 Å². The van der Waals surface area contributed by atoms with Crippen molar-refractivity contribution < 1.29 is 4.79 Å². The fourth-order valence-electron chi connectivity index (χ4n) is 5.00. The summed E-state index contributed by atoms with van der Waals surface area (Å²) < 4.78 is 3.04. The molecule has 1 fully saturated rings. The number of hydrogen-bond donors (Lipinski definition) is 0. The van der Waals surface area contributed by atoms with E-state index in [1.165, 1.54) is 11.3 Å². The highest BCUT2D eigenvalue weighted by Crippen LogP contribution is 2.44. The zero-order valence-corrected chi connectivity index (χ0v) is 22.6. The number of fused-ring (bicyclic) bond motifs is 1. The summed E-state index contributed by atoms with van der Waals surface area (Å²) in [6.07, 6.45) is 10.1. The first-order chi connectivity index (χ1) is 16.5. The van der Waals surface area contributed by atoms with Gasteiger partial charge in [-0.1, -0.05) is 59.5 Å². The predicted octanol–water partition coefficient (Wildman–Crippen LogP) is 7.47. The molecule has 0 aliphatic heterocycles. The number of anilines is 1. The van der Waals surface area contributed by atoms with Crippen molar-refractivity contribution in [2.45, 2.75) is 51.0 Å². The second-order valence-electron chi connectivity index (χ2n) is 8.97. The van der Waals surface area contributed by atoms with Crippen LogP contribution in [0.1, 0.15) is 43.2 Å². The maximum atomic E-state index is 14.4. The molecule has 2 heterocycles. The van der Waals surface area contributed by atoms with Crippen LogP contribution in [0.15, 0.2) is 55.1 Å². The van der Waals surface area contributed by atoms with Gasteiger partial charge in [-0.3, -0.25) is 9.69 Å². The molecule has 2 aromatic carbocycles. The third-order valence-corrected chi connectivity index (χ3v) is 8.23. The van der Waals surface area contributed by atoms with Crippen LogP contribution >= 0.6 is 46.9 Å². The van der Waals surface area contributed by atoms with Crippen molar-refractivity contribution in [2.24, 2.45) is 0 Å². The van der Waals surface area contributed by atoms with E-state index in [0.717, 1.165) is 65.1 Å². The van der Waals surface area contributed by atoms with Crippen LogP contribution in [-0.4, -0.2) is 27.0 Å². The highest BCUT2D eigenvalue weighted by molar-refractivity contribution is 7.22. The molecule has 0 bridgehead atoms. The van der Waals surface area contributed by atoms with Crippen molar-refractivity contribution in [1.29, 1.82) is 0 Å². The van der Waals surface area contributed by atoms with Crippen LogP contribution in [0.5, 0.6) is 0 Å². The Morgan fingerprint density at radius 1 is 1.14 bits per heavy atom. The number of nitrogens with zero attached hydrogens (tertiary/aromatic N) is 4. The van der Waals surface area contributed by atoms with Gasteiger partial charge in [0.15, 0.2) is 5.13 Å². The number of carbonyl (C=O) groups is 1. The Kier molecular flexibility index (Phi) is 8.06. The summed E-state index contributed by atoms with van der Waals surface area (Å²) in [6.45, 7) is 3.38. The number of thiazole rings is 1. The van der Waals surface area contributed by atoms with Gasteiger partial charge in [0.1, 0.15) is 0 Å². The van der Waals surface area contributed by atoms with Gasteiger partial charge in [-0.05, 0) is 61.6 Å². The van der Waals surface area contributed by atoms with Gasteiger partial charge < -0.3 is 4.57 Å². The molecule has 1 aliphatic rings. The summed E-state index contributed by atoms with van der Waals surface area (Å²) in [5.74, 6) is 0.126. The third-order valence-electron chi connectivity index (χ3n) is 6.74. The van der Waals surface area contributed by atoms with Gasteiger partial charge in [0, 0.05) is 35.5 Å². The molecule has 2 aromatic heterocycles. The van der Waals surface area contributed by atoms with Gasteiger partial charge in [-0.25, -0.2) is 9.97 Å². The third kappa shape index (κ3) is 5.21. The Hall–Kier alpha value is -2.12. The van der Waals surface area contributed by atoms with Crippen molar-refractivity contribution in [3.05, 3.63) is 76.3 Å². The Morgan fingerprint density at radius 2 is 1.89 bits per heavy atom. The van der Waals surface area contributed by atoms with Crippen LogP contribution in [-0.2, 0) is 16.8 Å². The minimum absolute atomic E-state index is 0. The summed E-state index contributed by atoms with van der Waals surface area (Å²) in [5, 5.41) is 2.10. The summed E-state index contributed by atoms with van der Waals surface area (Å²) >= 11 is 14.0. The summed E-state index contributed by atoms with van der Waals surface area (Å²) in [5.41, 5.74) is 2.41. The summed E-state index contributed by atoms with van der Waals surface area (Å²) in [4.78, 5) is 25.4. The van der Waals surface area contributed by atoms with Gasteiger partial charge in [0.25, 0.3) is 0 Å². The normalized spacial score (nSPS) is 14.7. The van der Waals surface area contributed by atoms with Gasteiger partial charge in [0.2, 0.25) is 5.91 Å². The minimum Gasteiger partial charge on any atom is -0.337 e. The fourth-order valence-corrected chi connectivity index (χ4v) is 6.58. The van der Waals surface area contributed by atoms with Crippen molar-refractivity contribution in [2.75, 3.05) is 11.4 Å². The lowest BCUT2D eigenvalue weighted by Crippen LogP contribution is -2.46. The van der Waals surface area contributed by atoms with Gasteiger partial charge in [-0.2, -0.15) is 0 Å². The second kappa shape index (κ2) is 10.9. The van der Waals surface area contributed by atoms with E-state index >= 15 is 0 Å². The number of amides is 1. The quantitative estimate of drug-likeness (QED) is 0.240. The predicted molar refractivity (Wildman–Crippen MR) is 147 cm³/mol. The van der Waals surface area contributed by atoms with Gasteiger partial charge >= 0.3 is 0 Å². The fraction of sp³-hybridized carbons (Fsp3) is 0.346. The molecule has 184 valence electrons. The first-order valence-corrected chi connectivity index (χ1v) is 13.1. The standard InChI is InChI=1S/C26H26Cl2N4OS.ClH/c1-18-15-21(28)16-22-23(18)30-25(34-22)32(13-4-12-31-14-11-29-17-31)24(33)26(9-2-3-10-26)19-5-7-20(27)8-6-19;/h5-8,11,14-17H,2-4,9-10,12-13H2,1H3;1H. The van der Waals surface area contributed by atoms with E-state index in [1.54, 1.807) is 12.5 Å². The molecule has 1 saturated carbocycles. The van der Waals surface area contributed by atoms with Gasteiger partial charge in [-0.15, -0.1) is 12.4 Å². The number of benzene rings is 2. The molecule has 0 radical (unpaired) electrons. The largest absolute Gasteiger partial charge is 0.337 e. The number of aromatic nitrogens is 3. The van der Waals surface area contributed by atoms with Crippen molar-refractivity contribution in [1.82, 2.24) is 14.5 Å². The smallest absolute Gasteiger partial charge is 0.239 e. The second-order valence-corrected chi connectivity index (χ2v) is 10.9. The molecule has 0 atom stereocenters. The molecule has 0 spiro atoms. The molecule has 35 heavy (non-hydrogen) atoms. The average molecular weight is 550 g/mol. The molecule has 5 rings (SSSR count). The highest BCUT2D eigenvalue weighted by Gasteiger charge is 2.45. The van der Waals surface area contributed by atoms with Crippen LogP contribution in [0.3, 0.4) is 0 Å². The number of imidazole rings is 1. The van der Waals surface area contributed by atoms with Crippen LogP contribution in [0, 0.1) is 6.92 Å². The SMILES string of the molecule is Cc1cc(Cl)cc2sc(N(CCCn3ccnc3)C(=O)C3(c4ccc(Cl)cc4)CCCC3)nc12.Cl. The topological polar surface area (TPSA) is 51.0 Å². The maximum absolute atomic E-state index is 14.4. The highest BCUT2D eigenvalue weighted by atomic mass is 35.5. The summed E-state index contributed by atoms with van der Waals surface area (Å²) in [7, 11) is 0. The lowest BCUT2D eigenvalue weighted by atomic mass is 9.77. The monoisotopic (exact) mass is 548 g/mol.